The third-order valence-electron chi connectivity index (χ3n) is 5.84. The zero-order chi connectivity index (χ0) is 23.2. The molecule has 0 aromatic heterocycles. The number of phenolic OH excluding ortho intramolecular Hbond substituents is 1. The van der Waals surface area contributed by atoms with Crippen molar-refractivity contribution >= 4 is 17.7 Å². The predicted molar refractivity (Wildman–Crippen MR) is 128 cm³/mol. The summed E-state index contributed by atoms with van der Waals surface area (Å²) in [4.78, 5) is 16.7. The van der Waals surface area contributed by atoms with Crippen LogP contribution in [0.15, 0.2) is 72.8 Å². The summed E-state index contributed by atoms with van der Waals surface area (Å²) in [6.07, 6.45) is 4.06. The molecule has 1 fully saturated rings. The van der Waals surface area contributed by atoms with Crippen LogP contribution < -0.4 is 9.64 Å². The van der Waals surface area contributed by atoms with E-state index in [1.54, 1.807) is 30.4 Å². The van der Waals surface area contributed by atoms with Gasteiger partial charge in [-0.1, -0.05) is 30.3 Å². The monoisotopic (exact) mass is 446 g/mol. The molecule has 170 valence electrons. The Labute approximate surface area is 193 Å². The van der Waals surface area contributed by atoms with Crippen LogP contribution in [0.3, 0.4) is 0 Å². The van der Waals surface area contributed by atoms with Gasteiger partial charge in [-0.15, -0.1) is 0 Å². The van der Waals surface area contributed by atoms with Crippen LogP contribution >= 0.6 is 0 Å². The first kappa shape index (κ1) is 22.4. The van der Waals surface area contributed by atoms with E-state index in [4.69, 9.17) is 4.74 Å². The highest BCUT2D eigenvalue weighted by Crippen LogP contribution is 2.27. The van der Waals surface area contributed by atoms with E-state index in [1.165, 1.54) is 24.8 Å². The molecule has 0 aliphatic carbocycles. The number of amides is 1. The van der Waals surface area contributed by atoms with E-state index in [0.717, 1.165) is 36.3 Å². The number of hydrogen-bond acceptors (Lipinski definition) is 4. The molecule has 0 saturated carbocycles. The molecule has 3 aromatic carbocycles. The van der Waals surface area contributed by atoms with Crippen molar-refractivity contribution in [2.24, 2.45) is 0 Å². The molecule has 1 heterocycles. The molecule has 3 aromatic rings. The largest absolute Gasteiger partial charge is 0.504 e. The SMILES string of the molecule is COc1cc(C=CC(=O)N2CCN(c3ccc(Cc4ccc(F)cc4)cc3)CC2)ccc1O. The first-order valence-corrected chi connectivity index (χ1v) is 10.9. The van der Waals surface area contributed by atoms with Crippen LogP contribution in [0.2, 0.25) is 0 Å². The van der Waals surface area contributed by atoms with Crippen molar-refractivity contribution in [2.75, 3.05) is 38.2 Å². The normalized spacial score (nSPS) is 14.0. The van der Waals surface area contributed by atoms with Crippen molar-refractivity contribution in [3.05, 3.63) is 95.3 Å². The molecular weight excluding hydrogens is 419 g/mol. The molecule has 0 atom stereocenters. The van der Waals surface area contributed by atoms with E-state index in [-0.39, 0.29) is 17.5 Å². The molecule has 6 heteroatoms. The number of piperazine rings is 1. The lowest BCUT2D eigenvalue weighted by Gasteiger charge is -2.35. The zero-order valence-corrected chi connectivity index (χ0v) is 18.6. The summed E-state index contributed by atoms with van der Waals surface area (Å²) in [5.41, 5.74) is 4.18. The number of carbonyl (C=O) groups is 1. The van der Waals surface area contributed by atoms with Gasteiger partial charge in [0.25, 0.3) is 0 Å². The Balaban J connectivity index is 1.30. The molecule has 0 radical (unpaired) electrons. The highest BCUT2D eigenvalue weighted by molar-refractivity contribution is 5.92. The van der Waals surface area contributed by atoms with Gasteiger partial charge in [0, 0.05) is 37.9 Å². The Bertz CT molecular complexity index is 1120. The Kier molecular flexibility index (Phi) is 6.93. The minimum Gasteiger partial charge on any atom is -0.504 e. The number of ether oxygens (including phenoxy) is 1. The number of anilines is 1. The van der Waals surface area contributed by atoms with Crippen molar-refractivity contribution in [1.82, 2.24) is 4.90 Å². The fourth-order valence-corrected chi connectivity index (χ4v) is 3.92. The van der Waals surface area contributed by atoms with E-state index in [9.17, 15) is 14.3 Å². The number of aromatic hydroxyl groups is 1. The number of halogens is 1. The van der Waals surface area contributed by atoms with Crippen molar-refractivity contribution < 1.29 is 19.0 Å². The van der Waals surface area contributed by atoms with E-state index < -0.39 is 0 Å². The van der Waals surface area contributed by atoms with Crippen molar-refractivity contribution in [2.45, 2.75) is 6.42 Å². The average Bonchev–Trinajstić information content (AvgIpc) is 2.85. The third-order valence-corrected chi connectivity index (χ3v) is 5.84. The topological polar surface area (TPSA) is 53.0 Å². The van der Waals surface area contributed by atoms with Crippen LogP contribution in [0, 0.1) is 5.82 Å². The quantitative estimate of drug-likeness (QED) is 0.567. The average molecular weight is 447 g/mol. The molecule has 1 N–H and O–H groups in total. The van der Waals surface area contributed by atoms with Crippen LogP contribution in [0.4, 0.5) is 10.1 Å². The van der Waals surface area contributed by atoms with Gasteiger partial charge in [-0.3, -0.25) is 4.79 Å². The second-order valence-corrected chi connectivity index (χ2v) is 8.05. The summed E-state index contributed by atoms with van der Waals surface area (Å²) in [6.45, 7) is 2.84. The molecule has 4 rings (SSSR count). The first-order valence-electron chi connectivity index (χ1n) is 10.9. The number of carbonyl (C=O) groups excluding carboxylic acids is 1. The lowest BCUT2D eigenvalue weighted by Crippen LogP contribution is -2.48. The smallest absolute Gasteiger partial charge is 0.246 e. The van der Waals surface area contributed by atoms with E-state index in [0.29, 0.717) is 18.8 Å². The lowest BCUT2D eigenvalue weighted by molar-refractivity contribution is -0.126. The maximum Gasteiger partial charge on any atom is 0.246 e. The highest BCUT2D eigenvalue weighted by Gasteiger charge is 2.19. The molecule has 33 heavy (non-hydrogen) atoms. The van der Waals surface area contributed by atoms with Gasteiger partial charge in [-0.05, 0) is 65.6 Å². The number of benzene rings is 3. The number of hydrogen-bond donors (Lipinski definition) is 1. The van der Waals surface area contributed by atoms with Crippen LogP contribution in [0.5, 0.6) is 11.5 Å². The number of methoxy groups -OCH3 is 1. The van der Waals surface area contributed by atoms with Gasteiger partial charge in [0.1, 0.15) is 5.82 Å². The number of phenols is 1. The van der Waals surface area contributed by atoms with Gasteiger partial charge < -0.3 is 19.6 Å². The maximum absolute atomic E-state index is 13.1. The fourth-order valence-electron chi connectivity index (χ4n) is 3.92. The van der Waals surface area contributed by atoms with Crippen molar-refractivity contribution in [1.29, 1.82) is 0 Å². The van der Waals surface area contributed by atoms with Crippen LogP contribution in [-0.2, 0) is 11.2 Å². The van der Waals surface area contributed by atoms with E-state index >= 15 is 0 Å². The molecule has 1 amide bonds. The second-order valence-electron chi connectivity index (χ2n) is 8.05. The van der Waals surface area contributed by atoms with Crippen molar-refractivity contribution in [3.63, 3.8) is 0 Å². The molecule has 1 aliphatic heterocycles. The first-order chi connectivity index (χ1) is 16.0. The number of rotatable bonds is 6. The molecule has 1 aliphatic rings. The third kappa shape index (κ3) is 5.71. The highest BCUT2D eigenvalue weighted by atomic mass is 19.1. The Morgan fingerprint density at radius 2 is 1.61 bits per heavy atom. The van der Waals surface area contributed by atoms with Gasteiger partial charge in [-0.25, -0.2) is 4.39 Å². The molecule has 0 bridgehead atoms. The molecule has 5 nitrogen and oxygen atoms in total. The van der Waals surface area contributed by atoms with Gasteiger partial charge in [0.05, 0.1) is 7.11 Å². The predicted octanol–water partition coefficient (Wildman–Crippen LogP) is 4.49. The Hall–Kier alpha value is -3.80. The molecular formula is C27H27FN2O3. The van der Waals surface area contributed by atoms with E-state index in [1.807, 2.05) is 17.0 Å². The fraction of sp³-hybridized carbons (Fsp3) is 0.222. The summed E-state index contributed by atoms with van der Waals surface area (Å²) in [5, 5.41) is 9.68. The summed E-state index contributed by atoms with van der Waals surface area (Å²) in [7, 11) is 1.49. The van der Waals surface area contributed by atoms with Gasteiger partial charge in [0.15, 0.2) is 11.5 Å². The summed E-state index contributed by atoms with van der Waals surface area (Å²) in [5.74, 6) is 0.196. The number of nitrogens with zero attached hydrogens (tertiary/aromatic N) is 2. The van der Waals surface area contributed by atoms with E-state index in [2.05, 4.69) is 29.2 Å². The minimum atomic E-state index is -0.220. The Morgan fingerprint density at radius 1 is 0.970 bits per heavy atom. The van der Waals surface area contributed by atoms with Gasteiger partial charge >= 0.3 is 0 Å². The molecule has 0 unspecified atom stereocenters. The molecule has 0 spiro atoms. The summed E-state index contributed by atoms with van der Waals surface area (Å²) in [6, 6.07) is 20.0. The maximum atomic E-state index is 13.1. The lowest BCUT2D eigenvalue weighted by atomic mass is 10.0. The van der Waals surface area contributed by atoms with Crippen molar-refractivity contribution in [3.8, 4) is 11.5 Å². The molecule has 1 saturated heterocycles. The second kappa shape index (κ2) is 10.2. The van der Waals surface area contributed by atoms with Gasteiger partial charge in [-0.2, -0.15) is 0 Å². The minimum absolute atomic E-state index is 0.0312. The van der Waals surface area contributed by atoms with Crippen LogP contribution in [0.25, 0.3) is 6.08 Å². The summed E-state index contributed by atoms with van der Waals surface area (Å²) >= 11 is 0. The zero-order valence-electron chi connectivity index (χ0n) is 18.6. The van der Waals surface area contributed by atoms with Crippen LogP contribution in [0.1, 0.15) is 16.7 Å². The van der Waals surface area contributed by atoms with Crippen LogP contribution in [-0.4, -0.2) is 49.2 Å². The standard InChI is InChI=1S/C27H27FN2O3/c1-33-26-19-22(6-12-25(26)31)7-13-27(32)30-16-14-29(15-17-30)24-10-4-21(5-11-24)18-20-2-8-23(28)9-3-20/h2-13,19,31H,14-18H2,1H3. The Morgan fingerprint density at radius 3 is 2.24 bits per heavy atom. The van der Waals surface area contributed by atoms with Gasteiger partial charge in [0.2, 0.25) is 5.91 Å². The summed E-state index contributed by atoms with van der Waals surface area (Å²) < 4.78 is 18.2.